The van der Waals surface area contributed by atoms with Crippen molar-refractivity contribution in [3.63, 3.8) is 0 Å². The summed E-state index contributed by atoms with van der Waals surface area (Å²) < 4.78 is 42.1. The van der Waals surface area contributed by atoms with Gasteiger partial charge in [0.2, 0.25) is 5.91 Å². The van der Waals surface area contributed by atoms with Crippen LogP contribution in [0.2, 0.25) is 0 Å². The van der Waals surface area contributed by atoms with E-state index >= 15 is 0 Å². The number of aromatic nitrogens is 4. The molecule has 10 heteroatoms. The minimum atomic E-state index is -1.02. The van der Waals surface area contributed by atoms with Crippen molar-refractivity contribution in [3.05, 3.63) is 45.9 Å². The molecule has 2 aliphatic heterocycles. The van der Waals surface area contributed by atoms with Crippen LogP contribution in [0.3, 0.4) is 0 Å². The molecule has 1 amide bonds. The summed E-state index contributed by atoms with van der Waals surface area (Å²) in [6, 6.07) is -0.0361. The van der Waals surface area contributed by atoms with Crippen LogP contribution in [0.25, 0.3) is 0 Å². The molecule has 0 radical (unpaired) electrons. The van der Waals surface area contributed by atoms with Crippen molar-refractivity contribution >= 4 is 5.91 Å². The number of pyridine rings is 1. The average Bonchev–Trinajstić information content (AvgIpc) is 2.90. The average molecular weight is 367 g/mol. The van der Waals surface area contributed by atoms with Crippen LogP contribution in [0, 0.1) is 11.6 Å². The fourth-order valence-corrected chi connectivity index (χ4v) is 3.38. The van der Waals surface area contributed by atoms with Crippen molar-refractivity contribution in [2.75, 3.05) is 13.1 Å². The largest absolute Gasteiger partial charge is 0.347 e. The molecular weight excluding hydrogens is 351 g/mol. The fourth-order valence-electron chi connectivity index (χ4n) is 3.38. The number of amides is 1. The van der Waals surface area contributed by atoms with Crippen molar-refractivity contribution < 1.29 is 18.0 Å². The highest BCUT2D eigenvalue weighted by molar-refractivity contribution is 5.81. The molecule has 1 atom stereocenters. The van der Waals surface area contributed by atoms with Gasteiger partial charge in [-0.25, -0.2) is 22.6 Å². The topological polar surface area (TPSA) is 73.0 Å². The van der Waals surface area contributed by atoms with Crippen LogP contribution in [0.4, 0.5) is 13.2 Å². The lowest BCUT2D eigenvalue weighted by Gasteiger charge is -2.37. The monoisotopic (exact) mass is 367 g/mol. The van der Waals surface area contributed by atoms with Gasteiger partial charge < -0.3 is 4.90 Å². The van der Waals surface area contributed by atoms with Crippen LogP contribution in [0.1, 0.15) is 30.4 Å². The van der Waals surface area contributed by atoms with E-state index in [1.807, 2.05) is 0 Å². The number of rotatable bonds is 3. The van der Waals surface area contributed by atoms with E-state index in [4.69, 9.17) is 0 Å². The second-order valence-corrected chi connectivity index (χ2v) is 6.56. The van der Waals surface area contributed by atoms with Gasteiger partial charge in [-0.2, -0.15) is 5.10 Å². The molecule has 0 saturated carbocycles. The van der Waals surface area contributed by atoms with Crippen molar-refractivity contribution in [1.29, 1.82) is 0 Å². The predicted octanol–water partition coefficient (Wildman–Crippen LogP) is 0.824. The smallest absolute Gasteiger partial charge is 0.335 e. The summed E-state index contributed by atoms with van der Waals surface area (Å²) in [5, 5.41) is 4.18. The van der Waals surface area contributed by atoms with Crippen LogP contribution in [-0.2, 0) is 17.8 Å². The summed E-state index contributed by atoms with van der Waals surface area (Å²) >= 11 is 0. The number of nitrogens with zero attached hydrogens (tertiary/aromatic N) is 5. The number of carbonyl (C=O) groups excluding carboxylic acids is 1. The van der Waals surface area contributed by atoms with E-state index in [-0.39, 0.29) is 31.2 Å². The SMILES string of the molecule is O=C([C@@H]1CCCc2nn(Cc3ncc(F)cc3F)c(=O)n21)N1CC(F)C1. The maximum atomic E-state index is 13.8. The van der Waals surface area contributed by atoms with Crippen LogP contribution in [-0.4, -0.2) is 49.4 Å². The van der Waals surface area contributed by atoms with Crippen LogP contribution in [0.15, 0.2) is 17.1 Å². The number of fused-ring (bicyclic) bond motifs is 1. The van der Waals surface area contributed by atoms with Gasteiger partial charge in [0.05, 0.1) is 31.5 Å². The van der Waals surface area contributed by atoms with Gasteiger partial charge in [-0.3, -0.25) is 14.3 Å². The van der Waals surface area contributed by atoms with Gasteiger partial charge in [0.1, 0.15) is 29.7 Å². The molecule has 0 N–H and O–H groups in total. The molecule has 4 rings (SSSR count). The third kappa shape index (κ3) is 2.78. The second kappa shape index (κ2) is 6.26. The molecule has 26 heavy (non-hydrogen) atoms. The third-order valence-corrected chi connectivity index (χ3v) is 4.75. The van der Waals surface area contributed by atoms with Gasteiger partial charge >= 0.3 is 5.69 Å². The van der Waals surface area contributed by atoms with Crippen LogP contribution < -0.4 is 5.69 Å². The van der Waals surface area contributed by atoms with Crippen LogP contribution >= 0.6 is 0 Å². The lowest BCUT2D eigenvalue weighted by atomic mass is 10.0. The Labute approximate surface area is 146 Å². The van der Waals surface area contributed by atoms with Crippen molar-refractivity contribution in [2.45, 2.75) is 38.0 Å². The summed E-state index contributed by atoms with van der Waals surface area (Å²) in [6.45, 7) is -0.182. The zero-order valence-electron chi connectivity index (χ0n) is 13.7. The maximum absolute atomic E-state index is 13.8. The molecule has 138 valence electrons. The Kier molecular flexibility index (Phi) is 4.04. The first kappa shape index (κ1) is 16.8. The lowest BCUT2D eigenvalue weighted by molar-refractivity contribution is -0.142. The Balaban J connectivity index is 1.64. The van der Waals surface area contributed by atoms with Gasteiger partial charge in [-0.05, 0) is 12.8 Å². The molecule has 0 aliphatic carbocycles. The number of alkyl halides is 1. The van der Waals surface area contributed by atoms with E-state index in [9.17, 15) is 22.8 Å². The lowest BCUT2D eigenvalue weighted by Crippen LogP contribution is -2.54. The first-order valence-electron chi connectivity index (χ1n) is 8.35. The Morgan fingerprint density at radius 2 is 2.08 bits per heavy atom. The minimum absolute atomic E-state index is 0.0399. The quantitative estimate of drug-likeness (QED) is 0.805. The van der Waals surface area contributed by atoms with E-state index in [0.717, 1.165) is 10.9 Å². The minimum Gasteiger partial charge on any atom is -0.335 e. The summed E-state index contributed by atoms with van der Waals surface area (Å²) in [7, 11) is 0. The Hall–Kier alpha value is -2.65. The number of halogens is 3. The van der Waals surface area contributed by atoms with Gasteiger partial charge in [-0.15, -0.1) is 0 Å². The van der Waals surface area contributed by atoms with Crippen molar-refractivity contribution in [3.8, 4) is 0 Å². The third-order valence-electron chi connectivity index (χ3n) is 4.75. The number of hydrogen-bond donors (Lipinski definition) is 0. The Morgan fingerprint density at radius 3 is 2.77 bits per heavy atom. The first-order chi connectivity index (χ1) is 12.4. The molecule has 0 spiro atoms. The number of aryl methyl sites for hydroxylation is 1. The number of hydrogen-bond acceptors (Lipinski definition) is 4. The van der Waals surface area contributed by atoms with E-state index in [2.05, 4.69) is 10.1 Å². The second-order valence-electron chi connectivity index (χ2n) is 6.56. The molecule has 0 bridgehead atoms. The predicted molar refractivity (Wildman–Crippen MR) is 83.2 cm³/mol. The number of carbonyl (C=O) groups is 1. The highest BCUT2D eigenvalue weighted by Crippen LogP contribution is 2.26. The molecule has 4 heterocycles. The molecule has 2 aromatic rings. The zero-order valence-corrected chi connectivity index (χ0v) is 13.7. The van der Waals surface area contributed by atoms with E-state index in [0.29, 0.717) is 31.2 Å². The number of likely N-dealkylation sites (tertiary alicyclic amines) is 1. The standard InChI is InChI=1S/C16H16F3N5O2/c17-9-4-11(19)12(20-5-9)8-23-16(26)24-13(2-1-3-14(24)21-23)15(25)22-6-10(18)7-22/h4-5,10,13H,1-3,6-8H2/t13-/m0/s1. The van der Waals surface area contributed by atoms with Gasteiger partial charge in [0.25, 0.3) is 0 Å². The highest BCUT2D eigenvalue weighted by Gasteiger charge is 2.38. The van der Waals surface area contributed by atoms with Gasteiger partial charge in [0.15, 0.2) is 0 Å². The molecule has 7 nitrogen and oxygen atoms in total. The van der Waals surface area contributed by atoms with E-state index < -0.39 is 29.5 Å². The molecule has 0 aromatic carbocycles. The van der Waals surface area contributed by atoms with Gasteiger partial charge in [0, 0.05) is 12.5 Å². The highest BCUT2D eigenvalue weighted by atomic mass is 19.1. The van der Waals surface area contributed by atoms with Crippen LogP contribution in [0.5, 0.6) is 0 Å². The molecule has 0 unspecified atom stereocenters. The fraction of sp³-hybridized carbons (Fsp3) is 0.500. The normalized spacial score (nSPS) is 20.0. The molecule has 2 aliphatic rings. The molecule has 1 saturated heterocycles. The van der Waals surface area contributed by atoms with Gasteiger partial charge in [-0.1, -0.05) is 0 Å². The van der Waals surface area contributed by atoms with E-state index in [1.54, 1.807) is 0 Å². The molecule has 1 fully saturated rings. The summed E-state index contributed by atoms with van der Waals surface area (Å²) in [4.78, 5) is 30.3. The van der Waals surface area contributed by atoms with Crippen molar-refractivity contribution in [1.82, 2.24) is 24.2 Å². The molecule has 2 aromatic heterocycles. The maximum Gasteiger partial charge on any atom is 0.347 e. The van der Waals surface area contributed by atoms with E-state index in [1.165, 1.54) is 9.47 Å². The summed E-state index contributed by atoms with van der Waals surface area (Å²) in [6.07, 6.45) is 1.49. The Bertz CT molecular complexity index is 919. The molecular formula is C16H16F3N5O2. The Morgan fingerprint density at radius 1 is 1.31 bits per heavy atom. The van der Waals surface area contributed by atoms with Crippen molar-refractivity contribution in [2.24, 2.45) is 0 Å². The first-order valence-corrected chi connectivity index (χ1v) is 8.35. The summed E-state index contributed by atoms with van der Waals surface area (Å²) in [5.41, 5.74) is -0.671. The summed E-state index contributed by atoms with van der Waals surface area (Å²) in [5.74, 6) is -1.55. The zero-order chi connectivity index (χ0) is 18.4.